The van der Waals surface area contributed by atoms with E-state index in [4.69, 9.17) is 16.3 Å². The number of phenolic OH excluding ortho intramolecular Hbond substituents is 1. The Labute approximate surface area is 311 Å². The van der Waals surface area contributed by atoms with E-state index in [1.807, 2.05) is 0 Å². The number of aromatic nitrogens is 3. The Balaban J connectivity index is 1.60. The number of nitrogens with one attached hydrogen (secondary N) is 2. The molecule has 4 aromatic carbocycles. The summed E-state index contributed by atoms with van der Waals surface area (Å²) in [6, 6.07) is 10.8. The molecule has 5 aromatic rings. The monoisotopic (exact) mass is 843 g/mol. The predicted octanol–water partition coefficient (Wildman–Crippen LogP) is 4.42. The highest BCUT2D eigenvalue weighted by Gasteiger charge is 2.27. The van der Waals surface area contributed by atoms with Crippen molar-refractivity contribution in [3.8, 4) is 5.75 Å². The number of halogens is 1. The van der Waals surface area contributed by atoms with E-state index in [0.29, 0.717) is 11.5 Å². The zero-order chi connectivity index (χ0) is 39.6. The predicted molar refractivity (Wildman–Crippen MR) is 195 cm³/mol. The second-order valence-electron chi connectivity index (χ2n) is 10.9. The summed E-state index contributed by atoms with van der Waals surface area (Å²) in [6.45, 7) is 3.11. The summed E-state index contributed by atoms with van der Waals surface area (Å²) in [5.41, 5.74) is -1.86. The molecule has 0 bridgehead atoms. The largest absolute Gasteiger partial charge is 0.505 e. The summed E-state index contributed by atoms with van der Waals surface area (Å²) in [5, 5.41) is 24.4. The van der Waals surface area contributed by atoms with Crippen LogP contribution >= 0.6 is 11.6 Å². The molecule has 0 unspecified atom stereocenters. The van der Waals surface area contributed by atoms with Crippen molar-refractivity contribution in [1.29, 1.82) is 0 Å². The standard InChI is InChI=1S/C29H26ClN7O13S4/c1-2-51(39,40)12-11-50-10-9-31-28-33-27(30)34-29(35-28)32-21-15-18(52(41,42)43)13-17-14-22(53(44,45)46)24(25(38)23(17)21)37-36-20-8-7-16-5-3-4-6-19(16)26(20)54(47,48)49/h2-8,13-15,38H,1,9-12H2,(H,41,42,43)(H,44,45,46)(H,47,48,49)(H2,31,32,33,34,35). The first-order valence-electron chi connectivity index (χ1n) is 14.7. The van der Waals surface area contributed by atoms with Crippen molar-refractivity contribution in [3.05, 3.63) is 71.9 Å². The highest BCUT2D eigenvalue weighted by molar-refractivity contribution is 7.94. The molecule has 6 N–H and O–H groups in total. The van der Waals surface area contributed by atoms with E-state index in [1.54, 1.807) is 12.1 Å². The van der Waals surface area contributed by atoms with Crippen molar-refractivity contribution in [3.63, 3.8) is 0 Å². The van der Waals surface area contributed by atoms with Crippen LogP contribution in [0.3, 0.4) is 0 Å². The Bertz CT molecular complexity index is 2800. The molecule has 0 fully saturated rings. The molecular formula is C29H26ClN7O13S4. The lowest BCUT2D eigenvalue weighted by molar-refractivity contribution is 0.159. The number of azo groups is 1. The first-order valence-corrected chi connectivity index (χ1v) is 21.1. The van der Waals surface area contributed by atoms with Crippen LogP contribution in [0.5, 0.6) is 5.75 Å². The van der Waals surface area contributed by atoms with Crippen LogP contribution < -0.4 is 10.6 Å². The van der Waals surface area contributed by atoms with Gasteiger partial charge in [0.2, 0.25) is 17.2 Å². The molecule has 0 aliphatic carbocycles. The second-order valence-corrected chi connectivity index (χ2v) is 17.4. The van der Waals surface area contributed by atoms with Crippen LogP contribution in [0, 0.1) is 0 Å². The first-order chi connectivity index (χ1) is 25.2. The van der Waals surface area contributed by atoms with E-state index >= 15 is 0 Å². The number of nitrogens with zero attached hydrogens (tertiary/aromatic N) is 5. The van der Waals surface area contributed by atoms with Crippen molar-refractivity contribution >= 4 is 102 Å². The van der Waals surface area contributed by atoms with Crippen LogP contribution in [0.4, 0.5) is 29.0 Å². The van der Waals surface area contributed by atoms with Crippen LogP contribution in [-0.2, 0) is 44.9 Å². The van der Waals surface area contributed by atoms with Gasteiger partial charge in [0.15, 0.2) is 15.6 Å². The fraction of sp³-hybridized carbons (Fsp3) is 0.138. The van der Waals surface area contributed by atoms with E-state index in [-0.39, 0.29) is 42.8 Å². The van der Waals surface area contributed by atoms with Crippen LogP contribution in [0.15, 0.2) is 91.5 Å². The smallest absolute Gasteiger partial charge is 0.297 e. The fourth-order valence-electron chi connectivity index (χ4n) is 4.89. The third kappa shape index (κ3) is 9.41. The van der Waals surface area contributed by atoms with E-state index in [9.17, 15) is 52.4 Å². The maximum atomic E-state index is 12.5. The Morgan fingerprint density at radius 3 is 2.19 bits per heavy atom. The molecule has 0 radical (unpaired) electrons. The summed E-state index contributed by atoms with van der Waals surface area (Å²) >= 11 is 6.06. The van der Waals surface area contributed by atoms with E-state index in [1.165, 1.54) is 18.2 Å². The quantitative estimate of drug-likeness (QED) is 0.0482. The molecule has 20 nitrogen and oxygen atoms in total. The fourth-order valence-corrected chi connectivity index (χ4v) is 7.60. The third-order valence-electron chi connectivity index (χ3n) is 7.22. The Kier molecular flexibility index (Phi) is 11.5. The van der Waals surface area contributed by atoms with Crippen molar-refractivity contribution in [2.75, 3.05) is 36.1 Å². The van der Waals surface area contributed by atoms with E-state index < -0.39 is 93.7 Å². The van der Waals surface area contributed by atoms with Gasteiger partial charge in [0, 0.05) is 22.7 Å². The molecule has 1 aromatic heterocycles. The van der Waals surface area contributed by atoms with Crippen LogP contribution in [0.2, 0.25) is 5.28 Å². The first kappa shape index (κ1) is 40.3. The highest BCUT2D eigenvalue weighted by Crippen LogP contribution is 2.46. The average Bonchev–Trinajstić information content (AvgIpc) is 3.07. The lowest BCUT2D eigenvalue weighted by Gasteiger charge is -2.15. The van der Waals surface area contributed by atoms with Gasteiger partial charge in [-0.2, -0.15) is 40.2 Å². The topological polar surface area (TPSA) is 314 Å². The van der Waals surface area contributed by atoms with Gasteiger partial charge in [0.05, 0.1) is 29.5 Å². The minimum atomic E-state index is -5.30. The maximum absolute atomic E-state index is 12.5. The molecular weight excluding hydrogens is 818 g/mol. The number of ether oxygens (including phenoxy) is 1. The number of hydrogen-bond acceptors (Lipinski definition) is 17. The van der Waals surface area contributed by atoms with Gasteiger partial charge < -0.3 is 20.5 Å². The molecule has 0 spiro atoms. The molecule has 0 saturated carbocycles. The normalized spacial score (nSPS) is 12.7. The van der Waals surface area contributed by atoms with Gasteiger partial charge in [-0.15, -0.1) is 10.2 Å². The molecule has 0 atom stereocenters. The van der Waals surface area contributed by atoms with Gasteiger partial charge in [0.1, 0.15) is 21.2 Å². The molecule has 0 saturated heterocycles. The maximum Gasteiger partial charge on any atom is 0.297 e. The Morgan fingerprint density at radius 2 is 1.52 bits per heavy atom. The van der Waals surface area contributed by atoms with Crippen molar-refractivity contribution in [2.45, 2.75) is 14.7 Å². The zero-order valence-electron chi connectivity index (χ0n) is 27.0. The minimum Gasteiger partial charge on any atom is -0.505 e. The molecule has 0 aliphatic rings. The van der Waals surface area contributed by atoms with Crippen molar-refractivity contribution < 1.29 is 57.2 Å². The summed E-state index contributed by atoms with van der Waals surface area (Å²) in [7, 11) is -18.8. The number of anilines is 3. The lowest BCUT2D eigenvalue weighted by Crippen LogP contribution is -2.16. The summed E-state index contributed by atoms with van der Waals surface area (Å²) in [5.74, 6) is -1.90. The number of aromatic hydroxyl groups is 1. The highest BCUT2D eigenvalue weighted by atomic mass is 35.5. The number of hydrogen-bond donors (Lipinski definition) is 6. The van der Waals surface area contributed by atoms with Gasteiger partial charge >= 0.3 is 0 Å². The Hall–Kier alpha value is -4.92. The molecule has 25 heteroatoms. The second kappa shape index (κ2) is 15.4. The zero-order valence-corrected chi connectivity index (χ0v) is 31.0. The van der Waals surface area contributed by atoms with Gasteiger partial charge in [-0.05, 0) is 46.6 Å². The van der Waals surface area contributed by atoms with Crippen LogP contribution in [0.1, 0.15) is 0 Å². The Morgan fingerprint density at radius 1 is 0.815 bits per heavy atom. The van der Waals surface area contributed by atoms with Crippen LogP contribution in [-0.4, -0.2) is 92.9 Å². The molecule has 54 heavy (non-hydrogen) atoms. The lowest BCUT2D eigenvalue weighted by atomic mass is 10.1. The summed E-state index contributed by atoms with van der Waals surface area (Å²) in [4.78, 5) is 9.23. The van der Waals surface area contributed by atoms with Gasteiger partial charge in [-0.25, -0.2) is 8.42 Å². The SMILES string of the molecule is C=CS(=O)(=O)CCOCCNc1nc(Cl)nc(Nc2cc(S(=O)(=O)O)cc3cc(S(=O)(=O)O)c(N=Nc4ccc5ccccc5c4S(=O)(=O)O)c(O)c23)n1. The summed E-state index contributed by atoms with van der Waals surface area (Å²) < 4.78 is 133. The molecule has 5 rings (SSSR count). The van der Waals surface area contributed by atoms with Crippen LogP contribution in [0.25, 0.3) is 21.5 Å². The average molecular weight is 844 g/mol. The molecule has 0 amide bonds. The number of benzene rings is 4. The minimum absolute atomic E-state index is 0.00793. The summed E-state index contributed by atoms with van der Waals surface area (Å²) in [6.07, 6.45) is 0. The molecule has 0 aliphatic heterocycles. The van der Waals surface area contributed by atoms with Gasteiger partial charge in [-0.3, -0.25) is 13.7 Å². The molecule has 286 valence electrons. The van der Waals surface area contributed by atoms with Crippen molar-refractivity contribution in [1.82, 2.24) is 15.0 Å². The number of sulfone groups is 1. The van der Waals surface area contributed by atoms with Gasteiger partial charge in [0.25, 0.3) is 30.4 Å². The third-order valence-corrected chi connectivity index (χ3v) is 11.3. The van der Waals surface area contributed by atoms with E-state index in [0.717, 1.165) is 23.6 Å². The van der Waals surface area contributed by atoms with E-state index in [2.05, 4.69) is 42.4 Å². The number of rotatable bonds is 15. The van der Waals surface area contributed by atoms with Crippen molar-refractivity contribution in [2.24, 2.45) is 10.2 Å². The molecule has 1 heterocycles. The van der Waals surface area contributed by atoms with Gasteiger partial charge in [-0.1, -0.05) is 36.9 Å². The number of fused-ring (bicyclic) bond motifs is 2. The number of phenols is 1.